The molecule has 4 rings (SSSR count). The molecule has 0 amide bonds. The predicted molar refractivity (Wildman–Crippen MR) is 101 cm³/mol. The van der Waals surface area contributed by atoms with Crippen molar-refractivity contribution in [2.45, 2.75) is 56.9 Å². The van der Waals surface area contributed by atoms with Gasteiger partial charge < -0.3 is 10.4 Å². The standard InChI is InChI=1S/C21H24FN3O2/c22-18-12-23-21(24-17-9-3-8-16(11-17)20(26)27)25-19(18)15-7-2-6-14(10-15)13-4-1-5-13/h2,6-7,10,12-13,16-17H,1,3-5,8-9,11H2,(H,26,27)(H,23,24,25)/t16-,17+/m1/s1. The summed E-state index contributed by atoms with van der Waals surface area (Å²) in [6, 6.07) is 7.95. The molecule has 2 aliphatic rings. The second kappa shape index (κ2) is 7.62. The van der Waals surface area contributed by atoms with E-state index in [0.29, 0.717) is 30.4 Å². The highest BCUT2D eigenvalue weighted by atomic mass is 19.1. The summed E-state index contributed by atoms with van der Waals surface area (Å²) in [7, 11) is 0. The number of carbonyl (C=O) groups is 1. The monoisotopic (exact) mass is 369 g/mol. The number of hydrogen-bond acceptors (Lipinski definition) is 4. The normalized spacial score (nSPS) is 22.9. The Balaban J connectivity index is 1.54. The van der Waals surface area contributed by atoms with Crippen LogP contribution in [0.25, 0.3) is 11.3 Å². The van der Waals surface area contributed by atoms with E-state index in [0.717, 1.165) is 18.4 Å². The second-order valence-electron chi connectivity index (χ2n) is 7.69. The van der Waals surface area contributed by atoms with E-state index in [9.17, 15) is 14.3 Å². The van der Waals surface area contributed by atoms with Crippen LogP contribution < -0.4 is 5.32 Å². The zero-order chi connectivity index (χ0) is 18.8. The first-order valence-electron chi connectivity index (χ1n) is 9.72. The highest BCUT2D eigenvalue weighted by Gasteiger charge is 2.27. The van der Waals surface area contributed by atoms with Crippen LogP contribution in [-0.4, -0.2) is 27.1 Å². The summed E-state index contributed by atoms with van der Waals surface area (Å²) in [5.74, 6) is -0.608. The Labute approximate surface area is 158 Å². The molecule has 2 fully saturated rings. The van der Waals surface area contributed by atoms with Gasteiger partial charge in [0.1, 0.15) is 5.69 Å². The average Bonchev–Trinajstić information content (AvgIpc) is 2.62. The second-order valence-corrected chi connectivity index (χ2v) is 7.69. The van der Waals surface area contributed by atoms with Crippen molar-refractivity contribution >= 4 is 11.9 Å². The highest BCUT2D eigenvalue weighted by molar-refractivity contribution is 5.70. The lowest BCUT2D eigenvalue weighted by atomic mass is 9.79. The van der Waals surface area contributed by atoms with E-state index in [1.165, 1.54) is 31.0 Å². The quantitative estimate of drug-likeness (QED) is 0.805. The van der Waals surface area contributed by atoms with Crippen molar-refractivity contribution in [2.24, 2.45) is 5.92 Å². The van der Waals surface area contributed by atoms with Gasteiger partial charge in [-0.25, -0.2) is 14.4 Å². The molecule has 5 nitrogen and oxygen atoms in total. The first-order chi connectivity index (χ1) is 13.1. The van der Waals surface area contributed by atoms with Gasteiger partial charge in [0.25, 0.3) is 0 Å². The van der Waals surface area contributed by atoms with E-state index < -0.39 is 11.8 Å². The Bertz CT molecular complexity index is 838. The van der Waals surface area contributed by atoms with Crippen LogP contribution in [0.4, 0.5) is 10.3 Å². The molecule has 0 radical (unpaired) electrons. The third-order valence-corrected chi connectivity index (χ3v) is 5.84. The molecule has 2 N–H and O–H groups in total. The van der Waals surface area contributed by atoms with Crippen LogP contribution in [0.2, 0.25) is 0 Å². The molecule has 2 aliphatic carbocycles. The number of nitrogens with zero attached hydrogens (tertiary/aromatic N) is 2. The molecule has 1 aromatic heterocycles. The summed E-state index contributed by atoms with van der Waals surface area (Å²) in [6.45, 7) is 0. The van der Waals surface area contributed by atoms with E-state index in [2.05, 4.69) is 21.4 Å². The first kappa shape index (κ1) is 17.9. The smallest absolute Gasteiger partial charge is 0.306 e. The lowest BCUT2D eigenvalue weighted by Gasteiger charge is -2.27. The van der Waals surface area contributed by atoms with E-state index >= 15 is 0 Å². The molecule has 2 atom stereocenters. The Hall–Kier alpha value is -2.50. The Morgan fingerprint density at radius 3 is 2.74 bits per heavy atom. The highest BCUT2D eigenvalue weighted by Crippen LogP contribution is 2.37. The van der Waals surface area contributed by atoms with Gasteiger partial charge in [-0.15, -0.1) is 0 Å². The molecular formula is C21H24FN3O2. The Kier molecular flexibility index (Phi) is 5.05. The van der Waals surface area contributed by atoms with Crippen LogP contribution in [0.3, 0.4) is 0 Å². The van der Waals surface area contributed by atoms with E-state index in [4.69, 9.17) is 0 Å². The number of aliphatic carboxylic acids is 1. The van der Waals surface area contributed by atoms with Gasteiger partial charge in [-0.1, -0.05) is 31.0 Å². The van der Waals surface area contributed by atoms with Gasteiger partial charge in [0.05, 0.1) is 12.1 Å². The molecular weight excluding hydrogens is 345 g/mol. The van der Waals surface area contributed by atoms with Crippen molar-refractivity contribution in [1.82, 2.24) is 9.97 Å². The molecule has 1 heterocycles. The fourth-order valence-corrected chi connectivity index (χ4v) is 4.05. The molecule has 142 valence electrons. The Morgan fingerprint density at radius 1 is 1.19 bits per heavy atom. The van der Waals surface area contributed by atoms with Crippen molar-refractivity contribution in [3.05, 3.63) is 41.8 Å². The number of carboxylic acids is 1. The zero-order valence-corrected chi connectivity index (χ0v) is 15.2. The number of benzene rings is 1. The van der Waals surface area contributed by atoms with Crippen LogP contribution in [0, 0.1) is 11.7 Å². The van der Waals surface area contributed by atoms with Crippen molar-refractivity contribution in [1.29, 1.82) is 0 Å². The van der Waals surface area contributed by atoms with Crippen molar-refractivity contribution < 1.29 is 14.3 Å². The van der Waals surface area contributed by atoms with E-state index in [1.54, 1.807) is 0 Å². The van der Waals surface area contributed by atoms with Crippen LogP contribution in [-0.2, 0) is 4.79 Å². The van der Waals surface area contributed by atoms with Crippen LogP contribution in [0.1, 0.15) is 56.4 Å². The number of halogens is 1. The lowest BCUT2D eigenvalue weighted by molar-refractivity contribution is -0.142. The summed E-state index contributed by atoms with van der Waals surface area (Å²) in [5.41, 5.74) is 2.29. The van der Waals surface area contributed by atoms with Gasteiger partial charge in [-0.3, -0.25) is 4.79 Å². The van der Waals surface area contributed by atoms with Gasteiger partial charge in [0, 0.05) is 11.6 Å². The van der Waals surface area contributed by atoms with Crippen LogP contribution in [0.15, 0.2) is 30.5 Å². The number of anilines is 1. The maximum absolute atomic E-state index is 14.4. The zero-order valence-electron chi connectivity index (χ0n) is 15.2. The molecule has 0 saturated heterocycles. The van der Waals surface area contributed by atoms with Crippen LogP contribution in [0.5, 0.6) is 0 Å². The van der Waals surface area contributed by atoms with E-state index in [1.807, 2.05) is 18.2 Å². The lowest BCUT2D eigenvalue weighted by Crippen LogP contribution is -2.31. The molecule has 0 spiro atoms. The predicted octanol–water partition coefficient (Wildman–Crippen LogP) is 4.61. The summed E-state index contributed by atoms with van der Waals surface area (Å²) < 4.78 is 14.4. The first-order valence-corrected chi connectivity index (χ1v) is 9.72. The third-order valence-electron chi connectivity index (χ3n) is 5.84. The number of aromatic nitrogens is 2. The fourth-order valence-electron chi connectivity index (χ4n) is 4.05. The summed E-state index contributed by atoms with van der Waals surface area (Å²) in [5, 5.41) is 12.4. The summed E-state index contributed by atoms with van der Waals surface area (Å²) >= 11 is 0. The number of rotatable bonds is 5. The minimum Gasteiger partial charge on any atom is -0.481 e. The van der Waals surface area contributed by atoms with Gasteiger partial charge in [0.15, 0.2) is 5.82 Å². The maximum Gasteiger partial charge on any atom is 0.306 e. The number of hydrogen-bond donors (Lipinski definition) is 2. The molecule has 27 heavy (non-hydrogen) atoms. The number of carboxylic acid groups (broad SMARTS) is 1. The molecule has 0 bridgehead atoms. The largest absolute Gasteiger partial charge is 0.481 e. The SMILES string of the molecule is O=C(O)[C@@H]1CCC[C@H](Nc2ncc(F)c(-c3cccc(C4CCC4)c3)n2)C1. The minimum atomic E-state index is -0.755. The fraction of sp³-hybridized carbons (Fsp3) is 0.476. The molecule has 2 aromatic rings. The van der Waals surface area contributed by atoms with E-state index in [-0.39, 0.29) is 12.0 Å². The van der Waals surface area contributed by atoms with Gasteiger partial charge in [0.2, 0.25) is 5.95 Å². The maximum atomic E-state index is 14.4. The molecule has 2 saturated carbocycles. The summed E-state index contributed by atoms with van der Waals surface area (Å²) in [4.78, 5) is 19.7. The summed E-state index contributed by atoms with van der Waals surface area (Å²) in [6.07, 6.45) is 7.80. The van der Waals surface area contributed by atoms with Gasteiger partial charge in [-0.2, -0.15) is 0 Å². The van der Waals surface area contributed by atoms with Crippen molar-refractivity contribution in [3.8, 4) is 11.3 Å². The van der Waals surface area contributed by atoms with Gasteiger partial charge in [-0.05, 0) is 49.7 Å². The minimum absolute atomic E-state index is 0.000489. The molecule has 0 aliphatic heterocycles. The van der Waals surface area contributed by atoms with Crippen molar-refractivity contribution in [3.63, 3.8) is 0 Å². The number of nitrogens with one attached hydrogen (secondary N) is 1. The van der Waals surface area contributed by atoms with Crippen LogP contribution >= 0.6 is 0 Å². The molecule has 0 unspecified atom stereocenters. The third kappa shape index (κ3) is 3.94. The van der Waals surface area contributed by atoms with Crippen molar-refractivity contribution in [2.75, 3.05) is 5.32 Å². The molecule has 1 aromatic carbocycles. The Morgan fingerprint density at radius 2 is 2.00 bits per heavy atom. The topological polar surface area (TPSA) is 75.1 Å². The van der Waals surface area contributed by atoms with Gasteiger partial charge >= 0.3 is 5.97 Å². The molecule has 6 heteroatoms. The average molecular weight is 369 g/mol.